The number of ether oxygens (including phenoxy) is 1. The molecule has 0 N–H and O–H groups in total. The first kappa shape index (κ1) is 13.2. The molecule has 0 bridgehead atoms. The minimum absolute atomic E-state index is 0.512. The standard InChI is InChI=1S/C11H18BrN3O/c1-4-16-11-8-13-7-10(14-11)15(3)6-5-9(2)12/h7-9H,4-6H2,1-3H3. The smallest absolute Gasteiger partial charge is 0.234 e. The van der Waals surface area contributed by atoms with E-state index in [2.05, 4.69) is 37.7 Å². The van der Waals surface area contributed by atoms with Gasteiger partial charge < -0.3 is 9.64 Å². The molecule has 0 aromatic carbocycles. The Kier molecular flexibility index (Phi) is 5.52. The van der Waals surface area contributed by atoms with E-state index in [1.165, 1.54) is 0 Å². The van der Waals surface area contributed by atoms with Gasteiger partial charge in [-0.25, -0.2) is 0 Å². The lowest BCUT2D eigenvalue weighted by Gasteiger charge is -2.18. The third-order valence-electron chi connectivity index (χ3n) is 2.15. The molecule has 4 nitrogen and oxygen atoms in total. The lowest BCUT2D eigenvalue weighted by Crippen LogP contribution is -2.21. The van der Waals surface area contributed by atoms with Gasteiger partial charge in [-0.05, 0) is 13.3 Å². The summed E-state index contributed by atoms with van der Waals surface area (Å²) in [7, 11) is 2.01. The molecule has 1 heterocycles. The maximum atomic E-state index is 5.31. The van der Waals surface area contributed by atoms with Gasteiger partial charge in [-0.3, -0.25) is 4.98 Å². The number of hydrogen-bond acceptors (Lipinski definition) is 4. The average Bonchev–Trinajstić information content (AvgIpc) is 2.26. The number of anilines is 1. The molecule has 16 heavy (non-hydrogen) atoms. The molecule has 0 saturated heterocycles. The molecule has 1 aromatic rings. The first-order valence-electron chi connectivity index (χ1n) is 5.43. The summed E-state index contributed by atoms with van der Waals surface area (Å²) in [6.07, 6.45) is 4.45. The van der Waals surface area contributed by atoms with Gasteiger partial charge in [0.05, 0.1) is 19.0 Å². The molecule has 1 aromatic heterocycles. The second kappa shape index (κ2) is 6.68. The van der Waals surface area contributed by atoms with Gasteiger partial charge in [0.15, 0.2) is 5.82 Å². The first-order valence-corrected chi connectivity index (χ1v) is 6.35. The van der Waals surface area contributed by atoms with E-state index >= 15 is 0 Å². The Bertz CT molecular complexity index is 320. The summed E-state index contributed by atoms with van der Waals surface area (Å²) in [6.45, 7) is 5.62. The Morgan fingerprint density at radius 2 is 2.25 bits per heavy atom. The van der Waals surface area contributed by atoms with Gasteiger partial charge in [-0.2, -0.15) is 4.98 Å². The van der Waals surface area contributed by atoms with Crippen LogP contribution in [0.15, 0.2) is 12.4 Å². The Morgan fingerprint density at radius 3 is 2.88 bits per heavy atom. The molecule has 5 heteroatoms. The van der Waals surface area contributed by atoms with Crippen LogP contribution < -0.4 is 9.64 Å². The minimum atomic E-state index is 0.512. The summed E-state index contributed by atoms with van der Waals surface area (Å²) in [5.74, 6) is 1.43. The molecule has 1 unspecified atom stereocenters. The van der Waals surface area contributed by atoms with Crippen LogP contribution in [0.2, 0.25) is 0 Å². The van der Waals surface area contributed by atoms with Crippen molar-refractivity contribution in [2.45, 2.75) is 25.1 Å². The fourth-order valence-electron chi connectivity index (χ4n) is 1.23. The monoisotopic (exact) mass is 287 g/mol. The predicted molar refractivity (Wildman–Crippen MR) is 69.5 cm³/mol. The van der Waals surface area contributed by atoms with E-state index in [-0.39, 0.29) is 0 Å². The van der Waals surface area contributed by atoms with Crippen LogP contribution in [0.1, 0.15) is 20.3 Å². The second-order valence-corrected chi connectivity index (χ2v) is 5.20. The Labute approximate surface area is 105 Å². The lowest BCUT2D eigenvalue weighted by atomic mass is 10.3. The molecule has 0 spiro atoms. The number of nitrogens with zero attached hydrogens (tertiary/aromatic N) is 3. The largest absolute Gasteiger partial charge is 0.477 e. The van der Waals surface area contributed by atoms with E-state index in [1.54, 1.807) is 12.4 Å². The number of aromatic nitrogens is 2. The van der Waals surface area contributed by atoms with E-state index in [4.69, 9.17) is 4.74 Å². The molecule has 0 aliphatic heterocycles. The summed E-state index contributed by atoms with van der Waals surface area (Å²) < 4.78 is 5.31. The molecule has 1 rings (SSSR count). The van der Waals surface area contributed by atoms with Crippen LogP contribution in [-0.2, 0) is 0 Å². The fraction of sp³-hybridized carbons (Fsp3) is 0.636. The number of halogens is 1. The zero-order valence-electron chi connectivity index (χ0n) is 9.98. The van der Waals surface area contributed by atoms with E-state index < -0.39 is 0 Å². The quantitative estimate of drug-likeness (QED) is 0.754. The molecule has 0 fully saturated rings. The summed E-state index contributed by atoms with van der Waals surface area (Å²) in [5, 5.41) is 0. The molecule has 0 radical (unpaired) electrons. The van der Waals surface area contributed by atoms with Crippen molar-refractivity contribution in [3.05, 3.63) is 12.4 Å². The summed E-state index contributed by atoms with van der Waals surface area (Å²) in [5.41, 5.74) is 0. The van der Waals surface area contributed by atoms with Gasteiger partial charge in [0.25, 0.3) is 0 Å². The predicted octanol–water partition coefficient (Wildman–Crippen LogP) is 2.49. The Morgan fingerprint density at radius 1 is 1.50 bits per heavy atom. The van der Waals surface area contributed by atoms with Crippen molar-refractivity contribution in [1.29, 1.82) is 0 Å². The van der Waals surface area contributed by atoms with Crippen LogP contribution >= 0.6 is 15.9 Å². The second-order valence-electron chi connectivity index (χ2n) is 3.64. The maximum absolute atomic E-state index is 5.31. The average molecular weight is 288 g/mol. The van der Waals surface area contributed by atoms with Crippen molar-refractivity contribution in [2.75, 3.05) is 25.1 Å². The van der Waals surface area contributed by atoms with Gasteiger partial charge in [-0.1, -0.05) is 22.9 Å². The molecule has 0 amide bonds. The third kappa shape index (κ3) is 4.35. The summed E-state index contributed by atoms with van der Waals surface area (Å²) in [6, 6.07) is 0. The maximum Gasteiger partial charge on any atom is 0.234 e. The van der Waals surface area contributed by atoms with Gasteiger partial charge >= 0.3 is 0 Å². The van der Waals surface area contributed by atoms with Crippen LogP contribution in [0.4, 0.5) is 5.82 Å². The van der Waals surface area contributed by atoms with Crippen molar-refractivity contribution < 1.29 is 4.74 Å². The minimum Gasteiger partial charge on any atom is -0.477 e. The van der Waals surface area contributed by atoms with Crippen LogP contribution in [0.25, 0.3) is 0 Å². The number of alkyl halides is 1. The molecular formula is C11H18BrN3O. The van der Waals surface area contributed by atoms with Crippen LogP contribution in [0.3, 0.4) is 0 Å². The van der Waals surface area contributed by atoms with E-state index in [0.29, 0.717) is 17.3 Å². The van der Waals surface area contributed by atoms with Crippen LogP contribution in [0.5, 0.6) is 5.88 Å². The molecule has 0 aliphatic carbocycles. The van der Waals surface area contributed by atoms with Gasteiger partial charge in [0.1, 0.15) is 0 Å². The highest BCUT2D eigenvalue weighted by Gasteiger charge is 2.06. The van der Waals surface area contributed by atoms with Crippen LogP contribution in [0, 0.1) is 0 Å². The van der Waals surface area contributed by atoms with Crippen molar-refractivity contribution in [2.24, 2.45) is 0 Å². The molecule has 90 valence electrons. The normalized spacial score (nSPS) is 12.2. The zero-order chi connectivity index (χ0) is 12.0. The van der Waals surface area contributed by atoms with E-state index in [1.807, 2.05) is 14.0 Å². The van der Waals surface area contributed by atoms with Gasteiger partial charge in [-0.15, -0.1) is 0 Å². The van der Waals surface area contributed by atoms with Crippen molar-refractivity contribution in [1.82, 2.24) is 9.97 Å². The third-order valence-corrected chi connectivity index (χ3v) is 2.60. The fourth-order valence-corrected chi connectivity index (χ4v) is 1.43. The van der Waals surface area contributed by atoms with E-state index in [9.17, 15) is 0 Å². The van der Waals surface area contributed by atoms with E-state index in [0.717, 1.165) is 18.8 Å². The SMILES string of the molecule is CCOc1cncc(N(C)CCC(C)Br)n1. The van der Waals surface area contributed by atoms with Crippen molar-refractivity contribution in [3.8, 4) is 5.88 Å². The van der Waals surface area contributed by atoms with Crippen LogP contribution in [-0.4, -0.2) is 35.0 Å². The van der Waals surface area contributed by atoms with Gasteiger partial charge in [0, 0.05) is 18.4 Å². The highest BCUT2D eigenvalue weighted by atomic mass is 79.9. The van der Waals surface area contributed by atoms with Gasteiger partial charge in [0.2, 0.25) is 5.88 Å². The van der Waals surface area contributed by atoms with Crippen molar-refractivity contribution in [3.63, 3.8) is 0 Å². The summed E-state index contributed by atoms with van der Waals surface area (Å²) in [4.78, 5) is 11.1. The van der Waals surface area contributed by atoms with Crippen molar-refractivity contribution >= 4 is 21.7 Å². The Hall–Kier alpha value is -0.840. The number of hydrogen-bond donors (Lipinski definition) is 0. The topological polar surface area (TPSA) is 38.2 Å². The molecule has 1 atom stereocenters. The first-order chi connectivity index (χ1) is 7.63. The highest BCUT2D eigenvalue weighted by Crippen LogP contribution is 2.14. The molecule has 0 saturated carbocycles. The molecular weight excluding hydrogens is 270 g/mol. The number of rotatable bonds is 6. The molecule has 0 aliphatic rings. The highest BCUT2D eigenvalue weighted by molar-refractivity contribution is 9.09. The Balaban J connectivity index is 2.60. The summed E-state index contributed by atoms with van der Waals surface area (Å²) >= 11 is 3.53. The zero-order valence-corrected chi connectivity index (χ0v) is 11.6. The lowest BCUT2D eigenvalue weighted by molar-refractivity contribution is 0.325.